The van der Waals surface area contributed by atoms with Crippen molar-refractivity contribution in [1.82, 2.24) is 19.7 Å². The summed E-state index contributed by atoms with van der Waals surface area (Å²) in [5.41, 5.74) is 1.80. The number of furan rings is 1. The van der Waals surface area contributed by atoms with Crippen molar-refractivity contribution in [3.05, 3.63) is 75.9 Å². The van der Waals surface area contributed by atoms with Gasteiger partial charge in [-0.05, 0) is 44.5 Å². The number of aromatic nitrogens is 4. The van der Waals surface area contributed by atoms with Crippen molar-refractivity contribution in [2.45, 2.75) is 27.2 Å². The Labute approximate surface area is 184 Å². The van der Waals surface area contributed by atoms with E-state index in [0.717, 1.165) is 0 Å². The van der Waals surface area contributed by atoms with E-state index in [4.69, 9.17) is 9.15 Å². The van der Waals surface area contributed by atoms with Crippen LogP contribution in [0.1, 0.15) is 35.5 Å². The second-order valence-corrected chi connectivity index (χ2v) is 6.99. The van der Waals surface area contributed by atoms with Crippen molar-refractivity contribution in [2.24, 2.45) is 0 Å². The molecule has 0 bridgehead atoms. The molecule has 4 aromatic rings. The number of carbonyl (C=O) groups excluding carboxylic acids is 1. The third-order valence-electron chi connectivity index (χ3n) is 4.92. The van der Waals surface area contributed by atoms with E-state index in [-0.39, 0.29) is 17.4 Å². The number of H-pyrrole nitrogens is 1. The number of anilines is 1. The van der Waals surface area contributed by atoms with Crippen molar-refractivity contribution < 1.29 is 13.9 Å². The van der Waals surface area contributed by atoms with Gasteiger partial charge in [-0.2, -0.15) is 9.78 Å². The van der Waals surface area contributed by atoms with Gasteiger partial charge in [-0.25, -0.2) is 4.98 Å². The molecule has 0 atom stereocenters. The van der Waals surface area contributed by atoms with E-state index < -0.39 is 0 Å². The van der Waals surface area contributed by atoms with Crippen LogP contribution in [0.2, 0.25) is 0 Å². The first-order valence-corrected chi connectivity index (χ1v) is 10.3. The largest absolute Gasteiger partial charge is 0.493 e. The van der Waals surface area contributed by atoms with Crippen molar-refractivity contribution >= 4 is 11.7 Å². The monoisotopic (exact) mass is 433 g/mol. The average Bonchev–Trinajstić information content (AvgIpc) is 3.44. The average molecular weight is 433 g/mol. The van der Waals surface area contributed by atoms with E-state index in [1.54, 1.807) is 49.4 Å². The van der Waals surface area contributed by atoms with Crippen LogP contribution in [0.5, 0.6) is 5.75 Å². The minimum Gasteiger partial charge on any atom is -0.493 e. The third-order valence-corrected chi connectivity index (χ3v) is 4.92. The molecule has 9 heteroatoms. The van der Waals surface area contributed by atoms with Crippen LogP contribution in [-0.2, 0) is 6.42 Å². The zero-order chi connectivity index (χ0) is 22.7. The first-order valence-electron chi connectivity index (χ1n) is 10.3. The van der Waals surface area contributed by atoms with Gasteiger partial charge in [0.05, 0.1) is 18.4 Å². The summed E-state index contributed by atoms with van der Waals surface area (Å²) in [5.74, 6) is 1.11. The molecular formula is C23H23N5O4. The summed E-state index contributed by atoms with van der Waals surface area (Å²) in [5, 5.41) is 7.36. The van der Waals surface area contributed by atoms with Gasteiger partial charge in [-0.1, -0.05) is 19.1 Å². The number of nitrogens with zero attached hydrogens (tertiary/aromatic N) is 3. The minimum atomic E-state index is -0.384. The molecule has 1 aromatic carbocycles. The Balaban J connectivity index is 1.78. The fraction of sp³-hybridized carbons (Fsp3) is 0.217. The number of hydrogen-bond acceptors (Lipinski definition) is 6. The van der Waals surface area contributed by atoms with Crippen molar-refractivity contribution in [3.63, 3.8) is 0 Å². The summed E-state index contributed by atoms with van der Waals surface area (Å²) in [7, 11) is 0. The maximum Gasteiger partial charge on any atom is 0.260 e. The zero-order valence-electron chi connectivity index (χ0n) is 18.0. The molecule has 32 heavy (non-hydrogen) atoms. The number of para-hydroxylation sites is 1. The van der Waals surface area contributed by atoms with E-state index in [0.29, 0.717) is 52.9 Å². The topological polar surface area (TPSA) is 115 Å². The van der Waals surface area contributed by atoms with Gasteiger partial charge in [0, 0.05) is 17.3 Å². The fourth-order valence-electron chi connectivity index (χ4n) is 3.41. The molecular weight excluding hydrogens is 410 g/mol. The Hall–Kier alpha value is -4.14. The molecule has 0 saturated heterocycles. The second kappa shape index (κ2) is 8.93. The number of rotatable bonds is 7. The van der Waals surface area contributed by atoms with Crippen molar-refractivity contribution in [1.29, 1.82) is 0 Å². The lowest BCUT2D eigenvalue weighted by Crippen LogP contribution is -2.22. The summed E-state index contributed by atoms with van der Waals surface area (Å²) in [6, 6.07) is 12.1. The summed E-state index contributed by atoms with van der Waals surface area (Å²) in [6.45, 7) is 5.94. The van der Waals surface area contributed by atoms with E-state index in [1.807, 2.05) is 13.8 Å². The molecule has 4 rings (SSSR count). The van der Waals surface area contributed by atoms with Crippen LogP contribution < -0.4 is 15.6 Å². The smallest absolute Gasteiger partial charge is 0.260 e. The van der Waals surface area contributed by atoms with Crippen molar-refractivity contribution in [2.75, 3.05) is 11.9 Å². The van der Waals surface area contributed by atoms with Crippen LogP contribution in [0, 0.1) is 6.92 Å². The van der Waals surface area contributed by atoms with Gasteiger partial charge in [0.2, 0.25) is 5.95 Å². The first-order chi connectivity index (χ1) is 15.5. The van der Waals surface area contributed by atoms with Crippen LogP contribution >= 0.6 is 0 Å². The Morgan fingerprint density at radius 1 is 1.22 bits per heavy atom. The molecule has 9 nitrogen and oxygen atoms in total. The Morgan fingerprint density at radius 2 is 2.03 bits per heavy atom. The van der Waals surface area contributed by atoms with Gasteiger partial charge >= 0.3 is 0 Å². The molecule has 0 saturated carbocycles. The number of hydrogen-bond donors (Lipinski definition) is 2. The second-order valence-electron chi connectivity index (χ2n) is 6.99. The number of benzene rings is 1. The summed E-state index contributed by atoms with van der Waals surface area (Å²) in [4.78, 5) is 32.8. The van der Waals surface area contributed by atoms with Gasteiger partial charge in [0.25, 0.3) is 11.5 Å². The normalized spacial score (nSPS) is 10.8. The van der Waals surface area contributed by atoms with Gasteiger partial charge < -0.3 is 14.5 Å². The molecule has 0 aliphatic heterocycles. The summed E-state index contributed by atoms with van der Waals surface area (Å²) in [6.07, 6.45) is 2.09. The number of aromatic amines is 1. The standard InChI is InChI=1S/C23H23N5O4/c1-4-15-14(3)24-23(26-21(15)29)28-20(13-17(27-28)19-11-8-12-32-19)25-22(30)16-9-6-7-10-18(16)31-5-2/h6-13H,4-5H2,1-3H3,(H,25,30)(H,24,26,29). The van der Waals surface area contributed by atoms with Crippen LogP contribution in [0.25, 0.3) is 17.4 Å². The number of amides is 1. The predicted molar refractivity (Wildman–Crippen MR) is 119 cm³/mol. The number of nitrogens with one attached hydrogen (secondary N) is 2. The molecule has 164 valence electrons. The lowest BCUT2D eigenvalue weighted by atomic mass is 10.2. The van der Waals surface area contributed by atoms with Gasteiger partial charge in [-0.3, -0.25) is 14.6 Å². The Bertz CT molecular complexity index is 1300. The third kappa shape index (κ3) is 4.04. The van der Waals surface area contributed by atoms with Gasteiger partial charge in [0.15, 0.2) is 5.76 Å². The highest BCUT2D eigenvalue weighted by atomic mass is 16.5. The molecule has 0 radical (unpaired) electrons. The number of carbonyl (C=O) groups is 1. The first kappa shape index (κ1) is 21.1. The molecule has 0 aliphatic rings. The Morgan fingerprint density at radius 3 is 2.72 bits per heavy atom. The molecule has 3 heterocycles. The SMILES string of the molecule is CCOc1ccccc1C(=O)Nc1cc(-c2ccco2)nn1-c1nc(C)c(CC)c(=O)[nH]1. The molecule has 0 unspecified atom stereocenters. The van der Waals surface area contributed by atoms with Crippen LogP contribution in [0.15, 0.2) is 57.9 Å². The fourth-order valence-corrected chi connectivity index (χ4v) is 3.41. The number of ether oxygens (including phenoxy) is 1. The predicted octanol–water partition coefficient (Wildman–Crippen LogP) is 3.74. The van der Waals surface area contributed by atoms with E-state index in [2.05, 4.69) is 20.4 Å². The highest BCUT2D eigenvalue weighted by Crippen LogP contribution is 2.26. The minimum absolute atomic E-state index is 0.191. The Kier molecular flexibility index (Phi) is 5.89. The maximum absolute atomic E-state index is 13.1. The summed E-state index contributed by atoms with van der Waals surface area (Å²) >= 11 is 0. The quantitative estimate of drug-likeness (QED) is 0.459. The molecule has 0 fully saturated rings. The molecule has 1 amide bonds. The lowest BCUT2D eigenvalue weighted by Gasteiger charge is -2.12. The molecule has 3 aromatic heterocycles. The van der Waals surface area contributed by atoms with Crippen LogP contribution in [0.3, 0.4) is 0 Å². The molecule has 0 spiro atoms. The molecule has 2 N–H and O–H groups in total. The highest BCUT2D eigenvalue weighted by molar-refractivity contribution is 6.06. The highest BCUT2D eigenvalue weighted by Gasteiger charge is 2.20. The lowest BCUT2D eigenvalue weighted by molar-refractivity contribution is 0.102. The van der Waals surface area contributed by atoms with E-state index in [9.17, 15) is 9.59 Å². The molecule has 0 aliphatic carbocycles. The van der Waals surface area contributed by atoms with Crippen LogP contribution in [-0.4, -0.2) is 32.3 Å². The van der Waals surface area contributed by atoms with Crippen molar-refractivity contribution in [3.8, 4) is 23.2 Å². The summed E-state index contributed by atoms with van der Waals surface area (Å²) < 4.78 is 12.4. The number of aryl methyl sites for hydroxylation is 1. The van der Waals surface area contributed by atoms with Gasteiger partial charge in [-0.15, -0.1) is 0 Å². The van der Waals surface area contributed by atoms with E-state index in [1.165, 1.54) is 10.9 Å². The zero-order valence-corrected chi connectivity index (χ0v) is 18.0. The maximum atomic E-state index is 13.1. The van der Waals surface area contributed by atoms with Gasteiger partial charge in [0.1, 0.15) is 17.3 Å². The van der Waals surface area contributed by atoms with E-state index >= 15 is 0 Å². The van der Waals surface area contributed by atoms with Crippen LogP contribution in [0.4, 0.5) is 5.82 Å².